The number of rotatable bonds is 6. The van der Waals surface area contributed by atoms with E-state index in [0.29, 0.717) is 12.1 Å². The predicted molar refractivity (Wildman–Crippen MR) is 113 cm³/mol. The molecule has 2 aromatic carbocycles. The van der Waals surface area contributed by atoms with E-state index in [1.807, 2.05) is 48.1 Å². The van der Waals surface area contributed by atoms with Crippen LogP contribution in [-0.4, -0.2) is 9.55 Å². The number of benzene rings is 2. The molecule has 142 valence electrons. The number of hydrogen-bond acceptors (Lipinski definition) is 3. The second kappa shape index (κ2) is 8.27. The van der Waals surface area contributed by atoms with Crippen molar-refractivity contribution in [2.24, 2.45) is 7.05 Å². The zero-order chi connectivity index (χ0) is 19.5. The maximum atomic E-state index is 14.5. The molecule has 0 unspecified atom stereocenters. The van der Waals surface area contributed by atoms with Gasteiger partial charge in [0, 0.05) is 51.9 Å². The lowest BCUT2D eigenvalue weighted by Crippen LogP contribution is -2.25. The summed E-state index contributed by atoms with van der Waals surface area (Å²) >= 11 is 7.99. The molecule has 2 aromatic heterocycles. The van der Waals surface area contributed by atoms with E-state index in [9.17, 15) is 4.39 Å². The summed E-state index contributed by atoms with van der Waals surface area (Å²) < 4.78 is 16.4. The molecule has 0 radical (unpaired) electrons. The molecule has 0 spiro atoms. The molecule has 1 N–H and O–H groups in total. The van der Waals surface area contributed by atoms with Crippen molar-refractivity contribution in [1.82, 2.24) is 14.9 Å². The fourth-order valence-electron chi connectivity index (χ4n) is 3.19. The molecule has 0 aliphatic rings. The second-order valence-electron chi connectivity index (χ2n) is 6.48. The normalized spacial score (nSPS) is 12.2. The van der Waals surface area contributed by atoms with Crippen molar-refractivity contribution in [3.63, 3.8) is 0 Å². The van der Waals surface area contributed by atoms with Crippen LogP contribution in [0.15, 0.2) is 73.1 Å². The van der Waals surface area contributed by atoms with Crippen molar-refractivity contribution in [3.05, 3.63) is 100 Å². The van der Waals surface area contributed by atoms with Crippen LogP contribution in [0.3, 0.4) is 0 Å². The zero-order valence-electron chi connectivity index (χ0n) is 15.3. The molecule has 2 heterocycles. The average molecular weight is 412 g/mol. The number of nitrogens with zero attached hydrogens (tertiary/aromatic N) is 2. The highest BCUT2D eigenvalue weighted by Crippen LogP contribution is 2.33. The van der Waals surface area contributed by atoms with Gasteiger partial charge in [0.05, 0.1) is 6.04 Å². The summed E-state index contributed by atoms with van der Waals surface area (Å²) in [6.45, 7) is 0.598. The van der Waals surface area contributed by atoms with Gasteiger partial charge in [0.15, 0.2) is 0 Å². The maximum Gasteiger partial charge on any atom is 0.130 e. The van der Waals surface area contributed by atoms with Gasteiger partial charge in [-0.2, -0.15) is 0 Å². The van der Waals surface area contributed by atoms with Crippen LogP contribution in [0.1, 0.15) is 22.3 Å². The Morgan fingerprint density at radius 2 is 1.89 bits per heavy atom. The third-order valence-corrected chi connectivity index (χ3v) is 6.06. The fraction of sp³-hybridized carbons (Fsp3) is 0.136. The minimum atomic E-state index is -0.341. The molecule has 0 aliphatic heterocycles. The monoisotopic (exact) mass is 411 g/mol. The van der Waals surface area contributed by atoms with Crippen molar-refractivity contribution in [1.29, 1.82) is 0 Å². The van der Waals surface area contributed by atoms with E-state index >= 15 is 0 Å². The van der Waals surface area contributed by atoms with E-state index in [1.165, 1.54) is 6.07 Å². The van der Waals surface area contributed by atoms with Crippen molar-refractivity contribution in [2.75, 3.05) is 0 Å². The number of nitrogens with one attached hydrogen (secondary N) is 1. The van der Waals surface area contributed by atoms with Gasteiger partial charge in [0.2, 0.25) is 0 Å². The quantitative estimate of drug-likeness (QED) is 0.433. The van der Waals surface area contributed by atoms with Crippen LogP contribution in [0.5, 0.6) is 0 Å². The van der Waals surface area contributed by atoms with E-state index in [4.69, 9.17) is 11.6 Å². The van der Waals surface area contributed by atoms with E-state index in [-0.39, 0.29) is 11.9 Å². The first-order chi connectivity index (χ1) is 13.6. The van der Waals surface area contributed by atoms with Crippen LogP contribution in [0.25, 0.3) is 10.4 Å². The lowest BCUT2D eigenvalue weighted by Gasteiger charge is -2.19. The summed E-state index contributed by atoms with van der Waals surface area (Å²) in [6, 6.07) is 18.4. The lowest BCUT2D eigenvalue weighted by atomic mass is 10.1. The van der Waals surface area contributed by atoms with Crippen LogP contribution in [0, 0.1) is 5.82 Å². The standard InChI is InChI=1S/C22H19ClFN3S/c1-27-13-12-25-22(27)21(17-7-3-5-9-19(17)24)26-14-15-10-11-20(28-15)16-6-2-4-8-18(16)23/h2-13,21,26H,14H2,1H3/t21-/m0/s1. The smallest absolute Gasteiger partial charge is 0.130 e. The molecule has 0 saturated carbocycles. The number of thiophene rings is 1. The second-order valence-corrected chi connectivity index (χ2v) is 8.05. The van der Waals surface area contributed by atoms with Gasteiger partial charge in [-0.1, -0.05) is 48.0 Å². The number of aryl methyl sites for hydroxylation is 1. The Morgan fingerprint density at radius 1 is 1.11 bits per heavy atom. The Morgan fingerprint density at radius 3 is 2.64 bits per heavy atom. The third-order valence-electron chi connectivity index (χ3n) is 4.61. The largest absolute Gasteiger partial charge is 0.336 e. The molecule has 4 rings (SSSR count). The van der Waals surface area contributed by atoms with Crippen LogP contribution >= 0.6 is 22.9 Å². The van der Waals surface area contributed by atoms with Crippen LogP contribution in [0.2, 0.25) is 5.02 Å². The van der Waals surface area contributed by atoms with Gasteiger partial charge in [-0.3, -0.25) is 5.32 Å². The van der Waals surface area contributed by atoms with Crippen LogP contribution in [0.4, 0.5) is 4.39 Å². The summed E-state index contributed by atoms with van der Waals surface area (Å²) in [7, 11) is 1.92. The Bertz CT molecular complexity index is 1090. The molecular weight excluding hydrogens is 393 g/mol. The highest BCUT2D eigenvalue weighted by Gasteiger charge is 2.21. The molecule has 1 atom stereocenters. The Labute approximate surface area is 172 Å². The van der Waals surface area contributed by atoms with Crippen molar-refractivity contribution in [3.8, 4) is 10.4 Å². The first-order valence-corrected chi connectivity index (χ1v) is 10.1. The molecule has 3 nitrogen and oxygen atoms in total. The zero-order valence-corrected chi connectivity index (χ0v) is 16.8. The molecular formula is C22H19ClFN3S. The van der Waals surface area contributed by atoms with Gasteiger partial charge in [0.1, 0.15) is 11.6 Å². The molecule has 0 saturated heterocycles. The first-order valence-electron chi connectivity index (χ1n) is 8.92. The average Bonchev–Trinajstić information content (AvgIpc) is 3.33. The Balaban J connectivity index is 1.58. The number of halogens is 2. The molecule has 0 aliphatic carbocycles. The lowest BCUT2D eigenvalue weighted by molar-refractivity contribution is 0.522. The predicted octanol–water partition coefficient (Wildman–Crippen LogP) is 5.82. The van der Waals surface area contributed by atoms with Crippen LogP contribution < -0.4 is 5.32 Å². The Hall–Kier alpha value is -2.47. The minimum Gasteiger partial charge on any atom is -0.336 e. The van der Waals surface area contributed by atoms with Gasteiger partial charge in [-0.05, 0) is 24.3 Å². The fourth-order valence-corrected chi connectivity index (χ4v) is 4.48. The minimum absolute atomic E-state index is 0.245. The van der Waals surface area contributed by atoms with Gasteiger partial charge in [-0.15, -0.1) is 11.3 Å². The van der Waals surface area contributed by atoms with Crippen LogP contribution in [-0.2, 0) is 13.6 Å². The van der Waals surface area contributed by atoms with Crippen molar-refractivity contribution >= 4 is 22.9 Å². The number of hydrogen-bond donors (Lipinski definition) is 1. The van der Waals surface area contributed by atoms with Crippen molar-refractivity contribution < 1.29 is 4.39 Å². The van der Waals surface area contributed by atoms with Crippen molar-refractivity contribution in [2.45, 2.75) is 12.6 Å². The van der Waals surface area contributed by atoms with E-state index < -0.39 is 0 Å². The molecule has 28 heavy (non-hydrogen) atoms. The summed E-state index contributed by atoms with van der Waals surface area (Å²) in [4.78, 5) is 6.69. The van der Waals surface area contributed by atoms with E-state index in [2.05, 4.69) is 22.4 Å². The van der Waals surface area contributed by atoms with Gasteiger partial charge in [-0.25, -0.2) is 9.37 Å². The summed E-state index contributed by atoms with van der Waals surface area (Å²) in [5.41, 5.74) is 1.61. The SMILES string of the molecule is Cn1ccnc1[C@@H](NCc1ccc(-c2ccccc2Cl)s1)c1ccccc1F. The molecule has 6 heteroatoms. The van der Waals surface area contributed by atoms with E-state index in [0.717, 1.165) is 26.2 Å². The van der Waals surface area contributed by atoms with Gasteiger partial charge in [0.25, 0.3) is 0 Å². The first kappa shape index (κ1) is 18.9. The summed E-state index contributed by atoms with van der Waals surface area (Å²) in [5.74, 6) is 0.527. The van der Waals surface area contributed by atoms with Gasteiger partial charge >= 0.3 is 0 Å². The Kier molecular flexibility index (Phi) is 5.57. The molecule has 0 bridgehead atoms. The molecule has 4 aromatic rings. The summed E-state index contributed by atoms with van der Waals surface area (Å²) in [6.07, 6.45) is 3.59. The topological polar surface area (TPSA) is 29.9 Å². The van der Waals surface area contributed by atoms with E-state index in [1.54, 1.807) is 29.7 Å². The maximum absolute atomic E-state index is 14.5. The molecule has 0 amide bonds. The third kappa shape index (κ3) is 3.87. The number of imidazole rings is 1. The van der Waals surface area contributed by atoms with Gasteiger partial charge < -0.3 is 4.57 Å². The highest BCUT2D eigenvalue weighted by molar-refractivity contribution is 7.15. The number of aromatic nitrogens is 2. The highest BCUT2D eigenvalue weighted by atomic mass is 35.5. The molecule has 0 fully saturated rings. The summed E-state index contributed by atoms with van der Waals surface area (Å²) in [5, 5.41) is 4.21.